The molecule has 0 N–H and O–H groups in total. The quantitative estimate of drug-likeness (QED) is 0.542. The van der Waals surface area contributed by atoms with Gasteiger partial charge in [0.15, 0.2) is 0 Å². The monoisotopic (exact) mass is 415 g/mol. The topological polar surface area (TPSA) is 20.3 Å². The fourth-order valence-corrected chi connectivity index (χ4v) is 2.33. The molecule has 1 aromatic rings. The van der Waals surface area contributed by atoms with Crippen LogP contribution in [-0.4, -0.2) is 29.2 Å². The Morgan fingerprint density at radius 1 is 1.62 bits per heavy atom. The number of nitrogens with zero attached hydrogens (tertiary/aromatic N) is 1. The minimum Gasteiger partial charge on any atom is -0.338 e. The van der Waals surface area contributed by atoms with Crippen LogP contribution in [0.4, 0.5) is 0 Å². The zero-order valence-electron chi connectivity index (χ0n) is 9.01. The lowest BCUT2D eigenvalue weighted by atomic mass is 10.2. The molecule has 0 saturated heterocycles. The van der Waals surface area contributed by atoms with Crippen LogP contribution in [0.3, 0.4) is 0 Å². The van der Waals surface area contributed by atoms with Crippen LogP contribution in [0.25, 0.3) is 0 Å². The summed E-state index contributed by atoms with van der Waals surface area (Å²) in [5.41, 5.74) is 0.656. The fourth-order valence-electron chi connectivity index (χ4n) is 1.16. The first-order valence-electron chi connectivity index (χ1n) is 4.75. The van der Waals surface area contributed by atoms with Gasteiger partial charge in [0.25, 0.3) is 5.91 Å². The number of benzene rings is 1. The summed E-state index contributed by atoms with van der Waals surface area (Å²) in [6, 6.07) is 5.50. The first kappa shape index (κ1) is 14.3. The SMILES string of the molecule is CC(CBr)N(C)C(=O)c1cc(Cl)ccc1I. The van der Waals surface area contributed by atoms with Gasteiger partial charge in [0.05, 0.1) is 5.56 Å². The van der Waals surface area contributed by atoms with Gasteiger partial charge in [0, 0.05) is 27.0 Å². The van der Waals surface area contributed by atoms with Crippen LogP contribution < -0.4 is 0 Å². The first-order chi connectivity index (χ1) is 7.47. The van der Waals surface area contributed by atoms with E-state index in [4.69, 9.17) is 11.6 Å². The summed E-state index contributed by atoms with van der Waals surface area (Å²) in [5, 5.41) is 1.34. The smallest absolute Gasteiger partial charge is 0.254 e. The second kappa shape index (κ2) is 6.21. The van der Waals surface area contributed by atoms with Crippen LogP contribution >= 0.6 is 50.1 Å². The van der Waals surface area contributed by atoms with Crippen molar-refractivity contribution in [1.82, 2.24) is 4.90 Å². The predicted molar refractivity (Wildman–Crippen MR) is 79.5 cm³/mol. The number of carbonyl (C=O) groups is 1. The standard InChI is InChI=1S/C11H12BrClINO/c1-7(6-12)15(2)11(16)9-5-8(13)3-4-10(9)14/h3-5,7H,6H2,1-2H3. The van der Waals surface area contributed by atoms with Crippen LogP contribution in [0.5, 0.6) is 0 Å². The molecule has 5 heteroatoms. The van der Waals surface area contributed by atoms with E-state index in [2.05, 4.69) is 38.5 Å². The Bertz CT molecular complexity index is 400. The number of halogens is 3. The summed E-state index contributed by atoms with van der Waals surface area (Å²) in [5.74, 6) is -0.00106. The van der Waals surface area contributed by atoms with E-state index in [0.29, 0.717) is 10.6 Å². The summed E-state index contributed by atoms with van der Waals surface area (Å²) >= 11 is 11.4. The average molecular weight is 416 g/mol. The molecule has 1 atom stereocenters. The number of hydrogen-bond acceptors (Lipinski definition) is 1. The number of alkyl halides is 1. The molecule has 2 nitrogen and oxygen atoms in total. The minimum absolute atomic E-state index is 0.00106. The molecule has 0 aliphatic heterocycles. The number of rotatable bonds is 3. The van der Waals surface area contributed by atoms with Gasteiger partial charge >= 0.3 is 0 Å². The van der Waals surface area contributed by atoms with Gasteiger partial charge in [-0.1, -0.05) is 27.5 Å². The van der Waals surface area contributed by atoms with Crippen molar-refractivity contribution in [2.45, 2.75) is 13.0 Å². The van der Waals surface area contributed by atoms with Crippen molar-refractivity contribution < 1.29 is 4.79 Å². The van der Waals surface area contributed by atoms with Crippen molar-refractivity contribution in [3.63, 3.8) is 0 Å². The van der Waals surface area contributed by atoms with E-state index in [-0.39, 0.29) is 11.9 Å². The molecule has 0 aliphatic rings. The molecule has 0 aliphatic carbocycles. The average Bonchev–Trinajstić information content (AvgIpc) is 2.29. The Morgan fingerprint density at radius 3 is 2.81 bits per heavy atom. The zero-order valence-corrected chi connectivity index (χ0v) is 13.5. The maximum Gasteiger partial charge on any atom is 0.254 e. The molecule has 0 fully saturated rings. The Morgan fingerprint density at radius 2 is 2.25 bits per heavy atom. The van der Waals surface area contributed by atoms with E-state index in [1.165, 1.54) is 0 Å². The lowest BCUT2D eigenvalue weighted by Gasteiger charge is -2.23. The first-order valence-corrected chi connectivity index (χ1v) is 7.33. The molecule has 1 aromatic carbocycles. The van der Waals surface area contributed by atoms with E-state index in [1.54, 1.807) is 24.1 Å². The highest BCUT2D eigenvalue weighted by molar-refractivity contribution is 14.1. The molecule has 88 valence electrons. The largest absolute Gasteiger partial charge is 0.338 e. The van der Waals surface area contributed by atoms with Crippen molar-refractivity contribution >= 4 is 56.0 Å². The fraction of sp³-hybridized carbons (Fsp3) is 0.364. The predicted octanol–water partition coefficient (Wildman–Crippen LogP) is 3.80. The van der Waals surface area contributed by atoms with Crippen molar-refractivity contribution in [2.75, 3.05) is 12.4 Å². The molecule has 0 radical (unpaired) electrons. The third-order valence-corrected chi connectivity index (χ3v) is 4.48. The molecular formula is C11H12BrClINO. The number of hydrogen-bond donors (Lipinski definition) is 0. The van der Waals surface area contributed by atoms with Gasteiger partial charge in [0.2, 0.25) is 0 Å². The van der Waals surface area contributed by atoms with E-state index >= 15 is 0 Å². The van der Waals surface area contributed by atoms with E-state index in [0.717, 1.165) is 8.90 Å². The van der Waals surface area contributed by atoms with Gasteiger partial charge in [-0.2, -0.15) is 0 Å². The van der Waals surface area contributed by atoms with Crippen molar-refractivity contribution in [1.29, 1.82) is 0 Å². The molecule has 0 heterocycles. The summed E-state index contributed by atoms with van der Waals surface area (Å²) in [6.07, 6.45) is 0. The van der Waals surface area contributed by atoms with Crippen LogP contribution in [0, 0.1) is 3.57 Å². The van der Waals surface area contributed by atoms with Gasteiger partial charge < -0.3 is 4.90 Å². The maximum atomic E-state index is 12.2. The molecule has 0 spiro atoms. The van der Waals surface area contributed by atoms with E-state index < -0.39 is 0 Å². The Hall–Kier alpha value is 0.190. The molecule has 0 saturated carbocycles. The highest BCUT2D eigenvalue weighted by atomic mass is 127. The van der Waals surface area contributed by atoms with Crippen molar-refractivity contribution in [3.05, 3.63) is 32.4 Å². The maximum absolute atomic E-state index is 12.2. The van der Waals surface area contributed by atoms with Crippen LogP contribution in [0.15, 0.2) is 18.2 Å². The molecule has 1 unspecified atom stereocenters. The van der Waals surface area contributed by atoms with Crippen molar-refractivity contribution in [2.24, 2.45) is 0 Å². The van der Waals surface area contributed by atoms with E-state index in [9.17, 15) is 4.79 Å². The van der Waals surface area contributed by atoms with Crippen molar-refractivity contribution in [3.8, 4) is 0 Å². The van der Waals surface area contributed by atoms with Crippen LogP contribution in [0.2, 0.25) is 5.02 Å². The minimum atomic E-state index is -0.00106. The molecule has 0 bridgehead atoms. The Balaban J connectivity index is 3.00. The van der Waals surface area contributed by atoms with Crippen LogP contribution in [-0.2, 0) is 0 Å². The highest BCUT2D eigenvalue weighted by Crippen LogP contribution is 2.20. The molecule has 1 rings (SSSR count). The summed E-state index contributed by atoms with van der Waals surface area (Å²) < 4.78 is 0.917. The molecule has 1 amide bonds. The third-order valence-electron chi connectivity index (χ3n) is 2.36. The third kappa shape index (κ3) is 3.34. The molecular weight excluding hydrogens is 404 g/mol. The highest BCUT2D eigenvalue weighted by Gasteiger charge is 2.18. The number of amides is 1. The second-order valence-corrected chi connectivity index (χ2v) is 5.79. The van der Waals surface area contributed by atoms with Gasteiger partial charge in [0.1, 0.15) is 0 Å². The van der Waals surface area contributed by atoms with Gasteiger partial charge in [-0.3, -0.25) is 4.79 Å². The Kier molecular flexibility index (Phi) is 5.53. The van der Waals surface area contributed by atoms with Crippen LogP contribution in [0.1, 0.15) is 17.3 Å². The molecule has 0 aromatic heterocycles. The van der Waals surface area contributed by atoms with E-state index in [1.807, 2.05) is 13.0 Å². The van der Waals surface area contributed by atoms with Gasteiger partial charge in [-0.05, 0) is 47.7 Å². The summed E-state index contributed by atoms with van der Waals surface area (Å²) in [4.78, 5) is 13.9. The lowest BCUT2D eigenvalue weighted by molar-refractivity contribution is 0.0757. The summed E-state index contributed by atoms with van der Waals surface area (Å²) in [7, 11) is 1.80. The second-order valence-electron chi connectivity index (χ2n) is 3.54. The normalized spacial score (nSPS) is 12.3. The van der Waals surface area contributed by atoms with Gasteiger partial charge in [-0.15, -0.1) is 0 Å². The lowest BCUT2D eigenvalue weighted by Crippen LogP contribution is -2.36. The van der Waals surface area contributed by atoms with Gasteiger partial charge in [-0.25, -0.2) is 0 Å². The number of carbonyl (C=O) groups excluding carboxylic acids is 1. The zero-order chi connectivity index (χ0) is 12.3. The molecule has 16 heavy (non-hydrogen) atoms. The Labute approximate surface area is 123 Å². The summed E-state index contributed by atoms with van der Waals surface area (Å²) in [6.45, 7) is 1.99.